The van der Waals surface area contributed by atoms with Crippen molar-refractivity contribution < 1.29 is 19.1 Å². The summed E-state index contributed by atoms with van der Waals surface area (Å²) in [6, 6.07) is 7.26. The fourth-order valence-corrected chi connectivity index (χ4v) is 2.21. The topological polar surface area (TPSA) is 84.6 Å². The summed E-state index contributed by atoms with van der Waals surface area (Å²) in [5.74, 6) is 1.46. The quantitative estimate of drug-likeness (QED) is 0.814. The van der Waals surface area contributed by atoms with E-state index in [0.717, 1.165) is 11.3 Å². The summed E-state index contributed by atoms with van der Waals surface area (Å²) in [5, 5.41) is 12.5. The molecule has 0 aliphatic rings. The molecular weight excluding hydrogens is 308 g/mol. The Morgan fingerprint density at radius 2 is 2.00 bits per heavy atom. The normalized spacial score (nSPS) is 12.2. The van der Waals surface area contributed by atoms with Crippen molar-refractivity contribution in [3.05, 3.63) is 35.7 Å². The molecule has 0 fully saturated rings. The van der Waals surface area contributed by atoms with Crippen LogP contribution in [0.1, 0.15) is 36.5 Å². The van der Waals surface area contributed by atoms with E-state index >= 15 is 0 Å². The molecule has 24 heavy (non-hydrogen) atoms. The monoisotopic (exact) mass is 332 g/mol. The molecule has 6 heteroatoms. The molecule has 0 radical (unpaired) electrons. The molecule has 1 aromatic carbocycles. The van der Waals surface area contributed by atoms with Gasteiger partial charge in [0, 0.05) is 12.1 Å². The maximum Gasteiger partial charge on any atom is 0.273 e. The minimum atomic E-state index is -0.432. The number of carbonyl (C=O) groups excluding carboxylic acids is 1. The number of ether oxygens (including phenoxy) is 1. The van der Waals surface area contributed by atoms with Gasteiger partial charge in [-0.25, -0.2) is 4.98 Å². The molecule has 1 amide bonds. The molecule has 0 spiro atoms. The number of nitrogens with one attached hydrogen (secondary N) is 1. The Bertz CT molecular complexity index is 677. The highest BCUT2D eigenvalue weighted by Gasteiger charge is 2.18. The summed E-state index contributed by atoms with van der Waals surface area (Å²) in [6.45, 7) is 5.98. The Morgan fingerprint density at radius 3 is 2.58 bits per heavy atom. The average molecular weight is 332 g/mol. The zero-order valence-corrected chi connectivity index (χ0v) is 14.5. The van der Waals surface area contributed by atoms with Crippen molar-refractivity contribution in [2.24, 2.45) is 5.92 Å². The number of carbonyl (C=O) groups is 1. The lowest BCUT2D eigenvalue weighted by Crippen LogP contribution is -2.29. The molecule has 6 nitrogen and oxygen atoms in total. The average Bonchev–Trinajstić information content (AvgIpc) is 2.96. The minimum absolute atomic E-state index is 0.164. The molecule has 1 unspecified atom stereocenters. The van der Waals surface area contributed by atoms with Crippen LogP contribution in [-0.2, 0) is 0 Å². The van der Waals surface area contributed by atoms with E-state index in [2.05, 4.69) is 10.3 Å². The van der Waals surface area contributed by atoms with E-state index in [1.54, 1.807) is 14.0 Å². The number of amides is 1. The second-order valence-corrected chi connectivity index (χ2v) is 6.01. The van der Waals surface area contributed by atoms with Gasteiger partial charge in [-0.05, 0) is 43.5 Å². The van der Waals surface area contributed by atoms with Gasteiger partial charge < -0.3 is 19.6 Å². The molecule has 1 aromatic heterocycles. The lowest BCUT2D eigenvalue weighted by atomic mass is 10.0. The molecule has 2 N–H and O–H groups in total. The molecule has 0 bridgehead atoms. The predicted molar refractivity (Wildman–Crippen MR) is 91.0 cm³/mol. The maximum atomic E-state index is 12.2. The van der Waals surface area contributed by atoms with Gasteiger partial charge in [-0.3, -0.25) is 4.79 Å². The molecule has 2 aromatic rings. The van der Waals surface area contributed by atoms with Gasteiger partial charge in [0.05, 0.1) is 13.2 Å². The van der Waals surface area contributed by atoms with Crippen molar-refractivity contribution in [3.8, 4) is 17.2 Å². The van der Waals surface area contributed by atoms with Gasteiger partial charge in [-0.15, -0.1) is 0 Å². The first-order valence-electron chi connectivity index (χ1n) is 8.00. The maximum absolute atomic E-state index is 12.2. The Morgan fingerprint density at radius 1 is 1.33 bits per heavy atom. The number of hydrogen-bond donors (Lipinski definition) is 2. The molecule has 0 saturated carbocycles. The molecule has 1 atom stereocenters. The van der Waals surface area contributed by atoms with Crippen molar-refractivity contribution in [1.29, 1.82) is 0 Å². The van der Waals surface area contributed by atoms with E-state index in [1.807, 2.05) is 38.1 Å². The van der Waals surface area contributed by atoms with Crippen molar-refractivity contribution >= 4 is 5.91 Å². The highest BCUT2D eigenvalue weighted by atomic mass is 16.5. The summed E-state index contributed by atoms with van der Waals surface area (Å²) in [7, 11) is 1.60. The summed E-state index contributed by atoms with van der Waals surface area (Å²) in [4.78, 5) is 16.5. The summed E-state index contributed by atoms with van der Waals surface area (Å²) >= 11 is 0. The number of rotatable bonds is 7. The number of aromatic nitrogens is 1. The van der Waals surface area contributed by atoms with E-state index in [9.17, 15) is 9.90 Å². The van der Waals surface area contributed by atoms with Gasteiger partial charge in [-0.1, -0.05) is 13.8 Å². The van der Waals surface area contributed by atoms with Crippen LogP contribution in [0.25, 0.3) is 11.5 Å². The predicted octanol–water partition coefficient (Wildman–Crippen LogP) is 2.80. The van der Waals surface area contributed by atoms with Crippen molar-refractivity contribution in [2.75, 3.05) is 13.7 Å². The van der Waals surface area contributed by atoms with Crippen LogP contribution in [0.5, 0.6) is 5.75 Å². The third kappa shape index (κ3) is 4.35. The van der Waals surface area contributed by atoms with Crippen LogP contribution in [0.4, 0.5) is 0 Å². The second kappa shape index (κ2) is 7.97. The van der Waals surface area contributed by atoms with Crippen LogP contribution in [0.2, 0.25) is 0 Å². The molecule has 0 saturated heterocycles. The van der Waals surface area contributed by atoms with Crippen molar-refractivity contribution in [2.45, 2.75) is 33.3 Å². The summed E-state index contributed by atoms with van der Waals surface area (Å²) in [6.07, 6.45) is 0.0737. The van der Waals surface area contributed by atoms with E-state index in [-0.39, 0.29) is 17.5 Å². The third-order valence-electron chi connectivity index (χ3n) is 3.84. The standard InChI is InChI=1S/C18H24N2O4/c1-11(2)15(21)9-10-19-17(22)16-12(3)24-18(20-16)13-5-7-14(23-4)8-6-13/h5-8,11,15,21H,9-10H2,1-4H3,(H,19,22). The SMILES string of the molecule is COc1ccc(-c2nc(C(=O)NCCC(O)C(C)C)c(C)o2)cc1. The smallest absolute Gasteiger partial charge is 0.273 e. The molecule has 0 aliphatic heterocycles. The number of aliphatic hydroxyl groups is 1. The van der Waals surface area contributed by atoms with Crippen molar-refractivity contribution in [1.82, 2.24) is 10.3 Å². The highest BCUT2D eigenvalue weighted by molar-refractivity contribution is 5.93. The fraction of sp³-hybridized carbons (Fsp3) is 0.444. The summed E-state index contributed by atoms with van der Waals surface area (Å²) < 4.78 is 10.7. The molecule has 1 heterocycles. The van der Waals surface area contributed by atoms with E-state index in [0.29, 0.717) is 24.6 Å². The van der Waals surface area contributed by atoms with E-state index in [4.69, 9.17) is 9.15 Å². The van der Waals surface area contributed by atoms with Crippen LogP contribution >= 0.6 is 0 Å². The minimum Gasteiger partial charge on any atom is -0.497 e. The Kier molecular flexibility index (Phi) is 5.98. The first kappa shape index (κ1) is 18.0. The van der Waals surface area contributed by atoms with Gasteiger partial charge in [-0.2, -0.15) is 0 Å². The van der Waals surface area contributed by atoms with Gasteiger partial charge >= 0.3 is 0 Å². The molecule has 0 aliphatic carbocycles. The van der Waals surface area contributed by atoms with Crippen LogP contribution in [0.3, 0.4) is 0 Å². The van der Waals surface area contributed by atoms with Gasteiger partial charge in [0.15, 0.2) is 5.69 Å². The molecule has 130 valence electrons. The number of oxazole rings is 1. The molecular formula is C18H24N2O4. The zero-order valence-electron chi connectivity index (χ0n) is 14.5. The van der Waals surface area contributed by atoms with Crippen LogP contribution < -0.4 is 10.1 Å². The fourth-order valence-electron chi connectivity index (χ4n) is 2.21. The van der Waals surface area contributed by atoms with E-state index < -0.39 is 6.10 Å². The largest absolute Gasteiger partial charge is 0.497 e. The number of methoxy groups -OCH3 is 1. The Hall–Kier alpha value is -2.34. The number of aliphatic hydroxyl groups excluding tert-OH is 1. The summed E-state index contributed by atoms with van der Waals surface area (Å²) in [5.41, 5.74) is 1.04. The van der Waals surface area contributed by atoms with Crippen molar-refractivity contribution in [3.63, 3.8) is 0 Å². The Labute approximate surface area is 141 Å². The number of aryl methyl sites for hydroxylation is 1. The number of nitrogens with zero attached hydrogens (tertiary/aromatic N) is 1. The number of benzene rings is 1. The van der Waals surface area contributed by atoms with Gasteiger partial charge in [0.25, 0.3) is 5.91 Å². The van der Waals surface area contributed by atoms with Crippen LogP contribution in [0, 0.1) is 12.8 Å². The highest BCUT2D eigenvalue weighted by Crippen LogP contribution is 2.24. The van der Waals surface area contributed by atoms with E-state index in [1.165, 1.54) is 0 Å². The first-order valence-corrected chi connectivity index (χ1v) is 8.00. The third-order valence-corrected chi connectivity index (χ3v) is 3.84. The molecule has 2 rings (SSSR count). The lowest BCUT2D eigenvalue weighted by molar-refractivity contribution is 0.0915. The van der Waals surface area contributed by atoms with Gasteiger partial charge in [0.1, 0.15) is 11.5 Å². The number of hydrogen-bond acceptors (Lipinski definition) is 5. The zero-order chi connectivity index (χ0) is 17.7. The lowest BCUT2D eigenvalue weighted by Gasteiger charge is -2.14. The first-order chi connectivity index (χ1) is 11.4. The Balaban J connectivity index is 2.03. The van der Waals surface area contributed by atoms with Crippen LogP contribution in [-0.4, -0.2) is 35.8 Å². The van der Waals surface area contributed by atoms with Gasteiger partial charge in [0.2, 0.25) is 5.89 Å². The second-order valence-electron chi connectivity index (χ2n) is 6.01. The van der Waals surface area contributed by atoms with Crippen LogP contribution in [0.15, 0.2) is 28.7 Å².